The van der Waals surface area contributed by atoms with E-state index >= 15 is 0 Å². The molecule has 0 aliphatic carbocycles. The zero-order valence-corrected chi connectivity index (χ0v) is 20.1. The molecule has 1 aliphatic rings. The van der Waals surface area contributed by atoms with Crippen LogP contribution in [0.5, 0.6) is 0 Å². The van der Waals surface area contributed by atoms with E-state index < -0.39 is 10.0 Å². The molecule has 33 heavy (non-hydrogen) atoms. The second-order valence-corrected chi connectivity index (χ2v) is 11.0. The van der Waals surface area contributed by atoms with Crippen molar-refractivity contribution in [3.63, 3.8) is 0 Å². The molecule has 1 fully saturated rings. The maximum Gasteiger partial charge on any atom is 0.213 e. The van der Waals surface area contributed by atoms with Crippen molar-refractivity contribution in [2.45, 2.75) is 20.3 Å². The Balaban J connectivity index is 1.67. The van der Waals surface area contributed by atoms with Gasteiger partial charge in [-0.2, -0.15) is 0 Å². The van der Waals surface area contributed by atoms with Crippen LogP contribution >= 0.6 is 11.6 Å². The van der Waals surface area contributed by atoms with E-state index in [1.165, 1.54) is 0 Å². The van der Waals surface area contributed by atoms with Crippen molar-refractivity contribution < 1.29 is 8.42 Å². The standard InChI is InChI=1S/C23H25ClN6O2S/c1-3-33(31,32)29-12-4-11-28(13-14-29)23-25-20-15-18(24)9-10-19(20)22-27-26-21(30(22)23)17-7-5-16(2)6-8-17/h5-10,15H,3-4,11-14H2,1-2H3. The summed E-state index contributed by atoms with van der Waals surface area (Å²) >= 11 is 6.27. The lowest BCUT2D eigenvalue weighted by Gasteiger charge is -2.24. The van der Waals surface area contributed by atoms with Crippen molar-refractivity contribution in [1.82, 2.24) is 23.9 Å². The Hall–Kier alpha value is -2.75. The number of hydrogen-bond donors (Lipinski definition) is 0. The zero-order valence-electron chi connectivity index (χ0n) is 18.6. The molecule has 1 aliphatic heterocycles. The molecule has 0 radical (unpaired) electrons. The normalized spacial score (nSPS) is 15.9. The summed E-state index contributed by atoms with van der Waals surface area (Å²) in [5.41, 5.74) is 3.53. The van der Waals surface area contributed by atoms with Gasteiger partial charge < -0.3 is 4.90 Å². The van der Waals surface area contributed by atoms with Crippen LogP contribution in [0, 0.1) is 6.92 Å². The van der Waals surface area contributed by atoms with E-state index in [1.54, 1.807) is 11.2 Å². The highest BCUT2D eigenvalue weighted by Gasteiger charge is 2.26. The van der Waals surface area contributed by atoms with Crippen molar-refractivity contribution in [2.24, 2.45) is 0 Å². The van der Waals surface area contributed by atoms with Gasteiger partial charge in [-0.25, -0.2) is 22.1 Å². The van der Waals surface area contributed by atoms with Gasteiger partial charge in [-0.1, -0.05) is 41.4 Å². The maximum absolute atomic E-state index is 12.5. The summed E-state index contributed by atoms with van der Waals surface area (Å²) in [7, 11) is -3.24. The third kappa shape index (κ3) is 4.05. The predicted molar refractivity (Wildman–Crippen MR) is 131 cm³/mol. The molecule has 8 nitrogen and oxygen atoms in total. The van der Waals surface area contributed by atoms with E-state index in [1.807, 2.05) is 53.8 Å². The lowest BCUT2D eigenvalue weighted by Crippen LogP contribution is -2.36. The second-order valence-electron chi connectivity index (χ2n) is 8.26. The predicted octanol–water partition coefficient (Wildman–Crippen LogP) is 3.77. The highest BCUT2D eigenvalue weighted by molar-refractivity contribution is 7.89. The molecule has 0 saturated carbocycles. The number of fused-ring (bicyclic) bond motifs is 3. The summed E-state index contributed by atoms with van der Waals surface area (Å²) in [5.74, 6) is 1.50. The minimum atomic E-state index is -3.24. The number of aromatic nitrogens is 4. The molecule has 2 aromatic heterocycles. The number of nitrogens with zero attached hydrogens (tertiary/aromatic N) is 6. The number of rotatable bonds is 4. The Morgan fingerprint density at radius 3 is 2.55 bits per heavy atom. The van der Waals surface area contributed by atoms with Crippen LogP contribution in [-0.4, -0.2) is 64.2 Å². The molecule has 3 heterocycles. The molecule has 0 unspecified atom stereocenters. The fourth-order valence-corrected chi connectivity index (χ4v) is 5.55. The summed E-state index contributed by atoms with van der Waals surface area (Å²) in [6.45, 7) is 5.84. The fraction of sp³-hybridized carbons (Fsp3) is 0.348. The molecule has 2 aromatic carbocycles. The van der Waals surface area contributed by atoms with E-state index in [4.69, 9.17) is 16.6 Å². The average Bonchev–Trinajstić information content (AvgIpc) is 3.09. The van der Waals surface area contributed by atoms with Crippen molar-refractivity contribution in [2.75, 3.05) is 36.8 Å². The second kappa shape index (κ2) is 8.55. The first-order valence-electron chi connectivity index (χ1n) is 11.0. The van der Waals surface area contributed by atoms with Gasteiger partial charge in [-0.3, -0.25) is 0 Å². The molecule has 0 bridgehead atoms. The van der Waals surface area contributed by atoms with Crippen molar-refractivity contribution in [1.29, 1.82) is 0 Å². The summed E-state index contributed by atoms with van der Waals surface area (Å²) in [6, 6.07) is 13.7. The van der Waals surface area contributed by atoms with Crippen LogP contribution in [0.4, 0.5) is 5.95 Å². The van der Waals surface area contributed by atoms with Crippen LogP contribution in [0.25, 0.3) is 27.9 Å². The van der Waals surface area contributed by atoms with E-state index in [-0.39, 0.29) is 5.75 Å². The molecule has 172 valence electrons. The molecule has 10 heteroatoms. The van der Waals surface area contributed by atoms with Crippen LogP contribution in [-0.2, 0) is 10.0 Å². The van der Waals surface area contributed by atoms with Gasteiger partial charge in [0.25, 0.3) is 0 Å². The van der Waals surface area contributed by atoms with E-state index in [0.717, 1.165) is 22.0 Å². The van der Waals surface area contributed by atoms with Gasteiger partial charge in [-0.15, -0.1) is 10.2 Å². The number of benzene rings is 2. The Kier molecular flexibility index (Phi) is 5.72. The summed E-state index contributed by atoms with van der Waals surface area (Å²) in [6.07, 6.45) is 0.706. The van der Waals surface area contributed by atoms with Crippen LogP contribution in [0.1, 0.15) is 18.9 Å². The summed E-state index contributed by atoms with van der Waals surface area (Å²) in [4.78, 5) is 7.09. The molecule has 0 atom stereocenters. The lowest BCUT2D eigenvalue weighted by atomic mass is 10.1. The smallest absolute Gasteiger partial charge is 0.213 e. The van der Waals surface area contributed by atoms with Gasteiger partial charge in [0.1, 0.15) is 0 Å². The molecule has 4 aromatic rings. The van der Waals surface area contributed by atoms with Crippen LogP contribution in [0.15, 0.2) is 42.5 Å². The summed E-state index contributed by atoms with van der Waals surface area (Å²) in [5, 5.41) is 10.5. The van der Waals surface area contributed by atoms with E-state index in [0.29, 0.717) is 55.0 Å². The molecule has 0 amide bonds. The first kappa shape index (κ1) is 22.1. The molecule has 0 spiro atoms. The first-order chi connectivity index (χ1) is 15.9. The minimum absolute atomic E-state index is 0.104. The quantitative estimate of drug-likeness (QED) is 0.438. The van der Waals surface area contributed by atoms with E-state index in [2.05, 4.69) is 15.1 Å². The van der Waals surface area contributed by atoms with Gasteiger partial charge in [-0.05, 0) is 38.5 Å². The monoisotopic (exact) mass is 484 g/mol. The third-order valence-corrected chi connectivity index (χ3v) is 8.21. The Labute approximate surface area is 197 Å². The van der Waals surface area contributed by atoms with Gasteiger partial charge in [0.2, 0.25) is 16.0 Å². The molecular weight excluding hydrogens is 460 g/mol. The number of sulfonamides is 1. The highest BCUT2D eigenvalue weighted by Crippen LogP contribution is 2.30. The minimum Gasteiger partial charge on any atom is -0.340 e. The van der Waals surface area contributed by atoms with Crippen molar-refractivity contribution >= 4 is 44.1 Å². The molecule has 1 saturated heterocycles. The maximum atomic E-state index is 12.5. The van der Waals surface area contributed by atoms with Gasteiger partial charge in [0.05, 0.1) is 11.3 Å². The third-order valence-electron chi connectivity index (χ3n) is 6.09. The topological polar surface area (TPSA) is 83.7 Å². The van der Waals surface area contributed by atoms with Crippen LogP contribution in [0.2, 0.25) is 5.02 Å². The number of halogens is 1. The Morgan fingerprint density at radius 2 is 1.79 bits per heavy atom. The Morgan fingerprint density at radius 1 is 1.00 bits per heavy atom. The van der Waals surface area contributed by atoms with Crippen LogP contribution < -0.4 is 4.90 Å². The summed E-state index contributed by atoms with van der Waals surface area (Å²) < 4.78 is 28.5. The van der Waals surface area contributed by atoms with Crippen molar-refractivity contribution in [3.8, 4) is 11.4 Å². The molecule has 5 rings (SSSR count). The SMILES string of the molecule is CCS(=O)(=O)N1CCCN(c2nc3cc(Cl)ccc3c3nnc(-c4ccc(C)cc4)n23)CC1. The van der Waals surface area contributed by atoms with Gasteiger partial charge in [0.15, 0.2) is 11.5 Å². The average molecular weight is 485 g/mol. The fourth-order valence-electron chi connectivity index (χ4n) is 4.25. The van der Waals surface area contributed by atoms with E-state index in [9.17, 15) is 8.42 Å². The molecule has 0 N–H and O–H groups in total. The number of aryl methyl sites for hydroxylation is 1. The van der Waals surface area contributed by atoms with Crippen LogP contribution in [0.3, 0.4) is 0 Å². The number of hydrogen-bond acceptors (Lipinski definition) is 6. The first-order valence-corrected chi connectivity index (χ1v) is 13.0. The molecular formula is C23H25ClN6O2S. The van der Waals surface area contributed by atoms with Gasteiger partial charge in [0, 0.05) is 42.2 Å². The highest BCUT2D eigenvalue weighted by atomic mass is 35.5. The largest absolute Gasteiger partial charge is 0.340 e. The lowest BCUT2D eigenvalue weighted by molar-refractivity contribution is 0.434. The van der Waals surface area contributed by atoms with Crippen molar-refractivity contribution in [3.05, 3.63) is 53.1 Å². The number of anilines is 1. The Bertz CT molecular complexity index is 1440. The zero-order chi connectivity index (χ0) is 23.2. The van der Waals surface area contributed by atoms with Gasteiger partial charge >= 0.3 is 0 Å².